The monoisotopic (exact) mass is 401 g/mol. The van der Waals surface area contributed by atoms with Gasteiger partial charge in [0.1, 0.15) is 0 Å². The van der Waals surface area contributed by atoms with E-state index in [2.05, 4.69) is 20.9 Å². The zero-order valence-corrected chi connectivity index (χ0v) is 18.3. The number of benzene rings is 1. The van der Waals surface area contributed by atoms with E-state index in [9.17, 15) is 9.59 Å². The van der Waals surface area contributed by atoms with Gasteiger partial charge >= 0.3 is 0 Å². The van der Waals surface area contributed by atoms with Crippen LogP contribution in [0.2, 0.25) is 0 Å². The zero-order valence-electron chi connectivity index (χ0n) is 18.3. The van der Waals surface area contributed by atoms with Crippen LogP contribution in [0.25, 0.3) is 0 Å². The molecular weight excluding hydrogens is 366 g/mol. The van der Waals surface area contributed by atoms with Gasteiger partial charge in [0.25, 0.3) is 0 Å². The molecule has 29 heavy (non-hydrogen) atoms. The van der Waals surface area contributed by atoms with Crippen LogP contribution < -0.4 is 16.0 Å². The molecule has 2 amide bonds. The molecule has 1 atom stereocenters. The lowest BCUT2D eigenvalue weighted by Gasteiger charge is -2.20. The summed E-state index contributed by atoms with van der Waals surface area (Å²) in [7, 11) is 0. The predicted molar refractivity (Wildman–Crippen MR) is 118 cm³/mol. The Labute approximate surface area is 174 Å². The van der Waals surface area contributed by atoms with E-state index in [0.29, 0.717) is 13.1 Å². The molecule has 1 aliphatic heterocycles. The van der Waals surface area contributed by atoms with Crippen molar-refractivity contribution in [1.29, 1.82) is 0 Å². The standard InChI is InChI=1S/C22H35N5O2/c1-6-23-22(26-19-11-12-27(14-19)21(29)16(4)5)24-13-17-7-9-18(10-8-17)25-20(28)15(2)3/h7-10,15-16,19H,6,11-14H2,1-5H3,(H,25,28)(H2,23,24,26). The van der Waals surface area contributed by atoms with Crippen LogP contribution in [0.3, 0.4) is 0 Å². The molecule has 0 saturated carbocycles. The molecule has 1 aromatic carbocycles. The Kier molecular flexibility index (Phi) is 8.49. The molecular formula is C22H35N5O2. The summed E-state index contributed by atoms with van der Waals surface area (Å²) in [6, 6.07) is 7.96. The van der Waals surface area contributed by atoms with Crippen molar-refractivity contribution in [2.45, 2.75) is 53.6 Å². The number of amides is 2. The van der Waals surface area contributed by atoms with Crippen LogP contribution in [0.4, 0.5) is 5.69 Å². The first kappa shape index (κ1) is 22.7. The van der Waals surface area contributed by atoms with Gasteiger partial charge in [-0.1, -0.05) is 39.8 Å². The lowest BCUT2D eigenvalue weighted by atomic mass is 10.1. The van der Waals surface area contributed by atoms with Crippen LogP contribution in [0.15, 0.2) is 29.3 Å². The first-order valence-corrected chi connectivity index (χ1v) is 10.5. The highest BCUT2D eigenvalue weighted by Gasteiger charge is 2.27. The topological polar surface area (TPSA) is 85.8 Å². The highest BCUT2D eigenvalue weighted by Crippen LogP contribution is 2.14. The van der Waals surface area contributed by atoms with Gasteiger partial charge in [-0.3, -0.25) is 9.59 Å². The summed E-state index contributed by atoms with van der Waals surface area (Å²) in [5.74, 6) is 0.963. The maximum absolute atomic E-state index is 12.2. The van der Waals surface area contributed by atoms with Crippen molar-refractivity contribution in [3.05, 3.63) is 29.8 Å². The van der Waals surface area contributed by atoms with E-state index in [4.69, 9.17) is 0 Å². The van der Waals surface area contributed by atoms with Crippen LogP contribution >= 0.6 is 0 Å². The Morgan fingerprint density at radius 1 is 1.14 bits per heavy atom. The second kappa shape index (κ2) is 10.8. The molecule has 1 aliphatic rings. The Hall–Kier alpha value is -2.57. The molecule has 0 bridgehead atoms. The lowest BCUT2D eigenvalue weighted by Crippen LogP contribution is -2.45. The maximum Gasteiger partial charge on any atom is 0.226 e. The van der Waals surface area contributed by atoms with E-state index in [-0.39, 0.29) is 29.7 Å². The van der Waals surface area contributed by atoms with Crippen molar-refractivity contribution < 1.29 is 9.59 Å². The second-order valence-electron chi connectivity index (χ2n) is 8.10. The predicted octanol–water partition coefficient (Wildman–Crippen LogP) is 2.59. The minimum atomic E-state index is -0.0460. The Morgan fingerprint density at radius 2 is 1.83 bits per heavy atom. The molecule has 0 spiro atoms. The van der Waals surface area contributed by atoms with Crippen molar-refractivity contribution in [2.75, 3.05) is 25.0 Å². The van der Waals surface area contributed by atoms with Gasteiger partial charge in [0, 0.05) is 43.2 Å². The molecule has 0 radical (unpaired) electrons. The number of carbonyl (C=O) groups is 2. The van der Waals surface area contributed by atoms with Gasteiger partial charge in [-0.05, 0) is 31.0 Å². The molecule has 7 heteroatoms. The van der Waals surface area contributed by atoms with Crippen molar-refractivity contribution in [1.82, 2.24) is 15.5 Å². The maximum atomic E-state index is 12.2. The summed E-state index contributed by atoms with van der Waals surface area (Å²) < 4.78 is 0. The van der Waals surface area contributed by atoms with E-state index < -0.39 is 0 Å². The van der Waals surface area contributed by atoms with Crippen LogP contribution in [-0.4, -0.2) is 48.3 Å². The Balaban J connectivity index is 1.92. The smallest absolute Gasteiger partial charge is 0.226 e. The quantitative estimate of drug-likeness (QED) is 0.484. The van der Waals surface area contributed by atoms with Crippen molar-refractivity contribution in [3.8, 4) is 0 Å². The van der Waals surface area contributed by atoms with Gasteiger partial charge in [0.15, 0.2) is 5.96 Å². The fourth-order valence-corrected chi connectivity index (χ4v) is 3.11. The molecule has 1 unspecified atom stereocenters. The molecule has 1 saturated heterocycles. The number of rotatable bonds is 7. The zero-order chi connectivity index (χ0) is 21.4. The summed E-state index contributed by atoms with van der Waals surface area (Å²) in [4.78, 5) is 30.5. The average molecular weight is 402 g/mol. The highest BCUT2D eigenvalue weighted by atomic mass is 16.2. The third-order valence-electron chi connectivity index (χ3n) is 4.84. The number of guanidine groups is 1. The summed E-state index contributed by atoms with van der Waals surface area (Å²) in [6.07, 6.45) is 0.924. The number of nitrogens with one attached hydrogen (secondary N) is 3. The Morgan fingerprint density at radius 3 is 2.41 bits per heavy atom. The molecule has 1 aromatic rings. The Bertz CT molecular complexity index is 712. The summed E-state index contributed by atoms with van der Waals surface area (Å²) >= 11 is 0. The second-order valence-corrected chi connectivity index (χ2v) is 8.10. The van der Waals surface area contributed by atoms with E-state index in [1.165, 1.54) is 0 Å². The van der Waals surface area contributed by atoms with Gasteiger partial charge in [-0.25, -0.2) is 4.99 Å². The molecule has 1 fully saturated rings. The summed E-state index contributed by atoms with van der Waals surface area (Å²) in [6.45, 7) is 12.5. The van der Waals surface area contributed by atoms with Crippen LogP contribution in [0, 0.1) is 11.8 Å². The first-order chi connectivity index (χ1) is 13.8. The van der Waals surface area contributed by atoms with Crippen molar-refractivity contribution >= 4 is 23.5 Å². The molecule has 0 aromatic heterocycles. The van der Waals surface area contributed by atoms with Gasteiger partial charge < -0.3 is 20.9 Å². The fourth-order valence-electron chi connectivity index (χ4n) is 3.11. The number of anilines is 1. The van der Waals surface area contributed by atoms with Gasteiger partial charge in [-0.2, -0.15) is 0 Å². The number of aliphatic imine (C=N–C) groups is 1. The lowest BCUT2D eigenvalue weighted by molar-refractivity contribution is -0.133. The number of nitrogens with zero attached hydrogens (tertiary/aromatic N) is 2. The average Bonchev–Trinajstić information content (AvgIpc) is 3.15. The van der Waals surface area contributed by atoms with E-state index in [0.717, 1.165) is 36.7 Å². The third-order valence-corrected chi connectivity index (χ3v) is 4.84. The van der Waals surface area contributed by atoms with Gasteiger partial charge in [0.2, 0.25) is 11.8 Å². The van der Waals surface area contributed by atoms with Crippen molar-refractivity contribution in [2.24, 2.45) is 16.8 Å². The van der Waals surface area contributed by atoms with Crippen LogP contribution in [0.5, 0.6) is 0 Å². The van der Waals surface area contributed by atoms with Crippen molar-refractivity contribution in [3.63, 3.8) is 0 Å². The molecule has 1 heterocycles. The van der Waals surface area contributed by atoms with Gasteiger partial charge in [-0.15, -0.1) is 0 Å². The minimum absolute atomic E-state index is 0.0101. The molecule has 160 valence electrons. The number of likely N-dealkylation sites (tertiary alicyclic amines) is 1. The summed E-state index contributed by atoms with van der Waals surface area (Å²) in [5, 5.41) is 9.62. The van der Waals surface area contributed by atoms with E-state index >= 15 is 0 Å². The fraction of sp³-hybridized carbons (Fsp3) is 0.591. The largest absolute Gasteiger partial charge is 0.357 e. The van der Waals surface area contributed by atoms with Gasteiger partial charge in [0.05, 0.1) is 6.54 Å². The first-order valence-electron chi connectivity index (χ1n) is 10.5. The molecule has 3 N–H and O–H groups in total. The molecule has 2 rings (SSSR count). The summed E-state index contributed by atoms with van der Waals surface area (Å²) in [5.41, 5.74) is 1.86. The number of hydrogen-bond acceptors (Lipinski definition) is 3. The molecule has 7 nitrogen and oxygen atoms in total. The normalized spacial score (nSPS) is 17.0. The van der Waals surface area contributed by atoms with E-state index in [1.807, 2.05) is 63.8 Å². The number of hydrogen-bond donors (Lipinski definition) is 3. The minimum Gasteiger partial charge on any atom is -0.357 e. The molecule has 0 aliphatic carbocycles. The highest BCUT2D eigenvalue weighted by molar-refractivity contribution is 5.92. The SMILES string of the molecule is CCNC(=NCc1ccc(NC(=O)C(C)C)cc1)NC1CCN(C(=O)C(C)C)C1. The van der Waals surface area contributed by atoms with Crippen LogP contribution in [0.1, 0.15) is 46.6 Å². The third kappa shape index (κ3) is 7.07. The number of carbonyl (C=O) groups excluding carboxylic acids is 2. The van der Waals surface area contributed by atoms with E-state index in [1.54, 1.807) is 0 Å². The van der Waals surface area contributed by atoms with Crippen LogP contribution in [-0.2, 0) is 16.1 Å².